The van der Waals surface area contributed by atoms with E-state index < -0.39 is 11.9 Å². The van der Waals surface area contributed by atoms with E-state index in [9.17, 15) is 9.50 Å². The lowest BCUT2D eigenvalue weighted by Gasteiger charge is -2.14. The van der Waals surface area contributed by atoms with Gasteiger partial charge in [0.05, 0.1) is 14.2 Å². The van der Waals surface area contributed by atoms with Crippen molar-refractivity contribution in [1.82, 2.24) is 0 Å². The van der Waals surface area contributed by atoms with Gasteiger partial charge >= 0.3 is 0 Å². The number of benzene rings is 2. The Kier molecular flexibility index (Phi) is 4.02. The van der Waals surface area contributed by atoms with Gasteiger partial charge in [0.2, 0.25) is 0 Å². The average Bonchev–Trinajstić information content (AvgIpc) is 2.47. The Bertz CT molecular complexity index is 569. The number of halogens is 1. The summed E-state index contributed by atoms with van der Waals surface area (Å²) in [7, 11) is 2.93. The molecule has 0 heterocycles. The largest absolute Gasteiger partial charge is 0.497 e. The highest BCUT2D eigenvalue weighted by Crippen LogP contribution is 2.30. The molecule has 0 aromatic heterocycles. The molecule has 1 N–H and O–H groups in total. The molecule has 19 heavy (non-hydrogen) atoms. The maximum Gasteiger partial charge on any atom is 0.171 e. The molecule has 1 atom stereocenters. The van der Waals surface area contributed by atoms with Crippen molar-refractivity contribution in [3.63, 3.8) is 0 Å². The van der Waals surface area contributed by atoms with Gasteiger partial charge in [-0.25, -0.2) is 4.39 Å². The first kappa shape index (κ1) is 13.4. The van der Waals surface area contributed by atoms with Crippen LogP contribution >= 0.6 is 0 Å². The second-order valence-corrected chi connectivity index (χ2v) is 4.04. The van der Waals surface area contributed by atoms with E-state index >= 15 is 0 Å². The van der Waals surface area contributed by atoms with Gasteiger partial charge in [-0.2, -0.15) is 0 Å². The van der Waals surface area contributed by atoms with Crippen molar-refractivity contribution in [2.24, 2.45) is 0 Å². The lowest BCUT2D eigenvalue weighted by Crippen LogP contribution is -2.04. The zero-order chi connectivity index (χ0) is 13.8. The van der Waals surface area contributed by atoms with Gasteiger partial charge in [0.15, 0.2) is 11.6 Å². The first-order valence-corrected chi connectivity index (χ1v) is 5.81. The van der Waals surface area contributed by atoms with Gasteiger partial charge in [0.25, 0.3) is 0 Å². The first-order valence-electron chi connectivity index (χ1n) is 5.81. The molecule has 0 saturated carbocycles. The van der Waals surface area contributed by atoms with E-state index in [1.807, 2.05) is 0 Å². The van der Waals surface area contributed by atoms with E-state index in [1.54, 1.807) is 30.3 Å². The van der Waals surface area contributed by atoms with E-state index in [-0.39, 0.29) is 11.3 Å². The van der Waals surface area contributed by atoms with E-state index in [1.165, 1.54) is 26.4 Å². The number of hydrogen-bond donors (Lipinski definition) is 1. The molecule has 0 bridgehead atoms. The fourth-order valence-electron chi connectivity index (χ4n) is 1.89. The summed E-state index contributed by atoms with van der Waals surface area (Å²) in [5.41, 5.74) is 0.735. The molecular formula is C15H15FO3. The lowest BCUT2D eigenvalue weighted by atomic mass is 10.0. The Balaban J connectivity index is 2.40. The molecule has 0 aliphatic rings. The Morgan fingerprint density at radius 3 is 2.47 bits per heavy atom. The highest BCUT2D eigenvalue weighted by Gasteiger charge is 2.18. The monoisotopic (exact) mass is 262 g/mol. The van der Waals surface area contributed by atoms with Crippen LogP contribution in [0.2, 0.25) is 0 Å². The van der Waals surface area contributed by atoms with Crippen LogP contribution in [0, 0.1) is 5.82 Å². The number of ether oxygens (including phenoxy) is 2. The van der Waals surface area contributed by atoms with Crippen molar-refractivity contribution in [2.45, 2.75) is 6.10 Å². The predicted molar refractivity (Wildman–Crippen MR) is 70.0 cm³/mol. The summed E-state index contributed by atoms with van der Waals surface area (Å²) >= 11 is 0. The maximum absolute atomic E-state index is 14.1. The molecule has 100 valence electrons. The van der Waals surface area contributed by atoms with E-state index in [0.717, 1.165) is 0 Å². The van der Waals surface area contributed by atoms with Crippen LogP contribution in [0.3, 0.4) is 0 Å². The summed E-state index contributed by atoms with van der Waals surface area (Å²) in [5, 5.41) is 10.3. The predicted octanol–water partition coefficient (Wildman–Crippen LogP) is 2.92. The topological polar surface area (TPSA) is 38.7 Å². The second-order valence-electron chi connectivity index (χ2n) is 4.04. The maximum atomic E-state index is 14.1. The van der Waals surface area contributed by atoms with Crippen molar-refractivity contribution in [3.8, 4) is 11.5 Å². The molecule has 1 unspecified atom stereocenters. The van der Waals surface area contributed by atoms with Crippen LogP contribution in [0.25, 0.3) is 0 Å². The number of aliphatic hydroxyl groups is 1. The summed E-state index contributed by atoms with van der Waals surface area (Å²) in [4.78, 5) is 0. The van der Waals surface area contributed by atoms with Gasteiger partial charge in [-0.15, -0.1) is 0 Å². The van der Waals surface area contributed by atoms with Crippen LogP contribution in [0.1, 0.15) is 17.2 Å². The van der Waals surface area contributed by atoms with Gasteiger partial charge in [0, 0.05) is 5.56 Å². The molecule has 3 nitrogen and oxygen atoms in total. The molecule has 2 aromatic rings. The number of hydrogen-bond acceptors (Lipinski definition) is 3. The third-order valence-corrected chi connectivity index (χ3v) is 2.92. The molecular weight excluding hydrogens is 247 g/mol. The molecule has 2 aromatic carbocycles. The minimum Gasteiger partial charge on any atom is -0.497 e. The van der Waals surface area contributed by atoms with E-state index in [0.29, 0.717) is 11.3 Å². The first-order chi connectivity index (χ1) is 9.17. The van der Waals surface area contributed by atoms with Crippen LogP contribution in [0.4, 0.5) is 4.39 Å². The zero-order valence-electron chi connectivity index (χ0n) is 10.8. The van der Waals surface area contributed by atoms with Crippen molar-refractivity contribution in [1.29, 1.82) is 0 Å². The number of rotatable bonds is 4. The van der Waals surface area contributed by atoms with Crippen molar-refractivity contribution >= 4 is 0 Å². The summed E-state index contributed by atoms with van der Waals surface area (Å²) < 4.78 is 24.1. The molecule has 4 heteroatoms. The zero-order valence-corrected chi connectivity index (χ0v) is 10.8. The van der Waals surface area contributed by atoms with Gasteiger partial charge < -0.3 is 14.6 Å². The summed E-state index contributed by atoms with van der Waals surface area (Å²) in [6.07, 6.45) is -1.06. The SMILES string of the molecule is COc1cccc(C(O)c2cccc(OC)c2F)c1. The highest BCUT2D eigenvalue weighted by molar-refractivity contribution is 5.39. The Morgan fingerprint density at radius 1 is 1.05 bits per heavy atom. The summed E-state index contributed by atoms with van der Waals surface area (Å²) in [5.74, 6) is 0.166. The minimum absolute atomic E-state index is 0.111. The lowest BCUT2D eigenvalue weighted by molar-refractivity contribution is 0.213. The minimum atomic E-state index is -1.06. The standard InChI is InChI=1S/C15H15FO3/c1-18-11-6-3-5-10(9-11)15(17)12-7-4-8-13(19-2)14(12)16/h3-9,15,17H,1-2H3. The number of aliphatic hydroxyl groups excluding tert-OH is 1. The fraction of sp³-hybridized carbons (Fsp3) is 0.200. The van der Waals surface area contributed by atoms with E-state index in [4.69, 9.17) is 9.47 Å². The Labute approximate surface area is 111 Å². The quantitative estimate of drug-likeness (QED) is 0.920. The molecule has 0 radical (unpaired) electrons. The molecule has 0 saturated heterocycles. The van der Waals surface area contributed by atoms with Crippen LogP contribution in [-0.2, 0) is 0 Å². The molecule has 2 rings (SSSR count). The van der Waals surface area contributed by atoms with Crippen LogP contribution in [0.5, 0.6) is 11.5 Å². The second kappa shape index (κ2) is 5.71. The Hall–Kier alpha value is -2.07. The summed E-state index contributed by atoms with van der Waals surface area (Å²) in [6.45, 7) is 0. The van der Waals surface area contributed by atoms with Crippen molar-refractivity contribution in [2.75, 3.05) is 14.2 Å². The molecule has 0 amide bonds. The van der Waals surface area contributed by atoms with Crippen molar-refractivity contribution in [3.05, 3.63) is 59.4 Å². The van der Waals surface area contributed by atoms with Crippen LogP contribution in [-0.4, -0.2) is 19.3 Å². The van der Waals surface area contributed by atoms with Gasteiger partial charge in [-0.1, -0.05) is 24.3 Å². The van der Waals surface area contributed by atoms with Crippen LogP contribution in [0.15, 0.2) is 42.5 Å². The smallest absolute Gasteiger partial charge is 0.171 e. The summed E-state index contributed by atoms with van der Waals surface area (Å²) in [6, 6.07) is 11.6. The highest BCUT2D eigenvalue weighted by atomic mass is 19.1. The molecule has 0 aliphatic heterocycles. The fourth-order valence-corrected chi connectivity index (χ4v) is 1.89. The van der Waals surface area contributed by atoms with Gasteiger partial charge in [-0.3, -0.25) is 0 Å². The molecule has 0 aliphatic carbocycles. The third-order valence-electron chi connectivity index (χ3n) is 2.92. The average molecular weight is 262 g/mol. The number of methoxy groups -OCH3 is 2. The third kappa shape index (κ3) is 2.69. The normalized spacial score (nSPS) is 12.0. The van der Waals surface area contributed by atoms with E-state index in [2.05, 4.69) is 0 Å². The van der Waals surface area contributed by atoms with Crippen molar-refractivity contribution < 1.29 is 19.0 Å². The van der Waals surface area contributed by atoms with Gasteiger partial charge in [0.1, 0.15) is 11.9 Å². The molecule has 0 spiro atoms. The Morgan fingerprint density at radius 2 is 1.79 bits per heavy atom. The van der Waals surface area contributed by atoms with Crippen LogP contribution < -0.4 is 9.47 Å². The molecule has 0 fully saturated rings. The van der Waals surface area contributed by atoms with Gasteiger partial charge in [-0.05, 0) is 23.8 Å².